The summed E-state index contributed by atoms with van der Waals surface area (Å²) in [6.07, 6.45) is 7.04. The minimum atomic E-state index is 0. The van der Waals surface area contributed by atoms with Crippen molar-refractivity contribution in [1.29, 1.82) is 0 Å². The fraction of sp³-hybridized carbons (Fsp3) is 0.588. The first-order chi connectivity index (χ1) is 9.81. The van der Waals surface area contributed by atoms with Crippen LogP contribution in [0.5, 0.6) is 0 Å². The summed E-state index contributed by atoms with van der Waals surface area (Å²) in [5, 5.41) is 0. The lowest BCUT2D eigenvalue weighted by atomic mass is 9.98. The second-order valence-electron chi connectivity index (χ2n) is 5.65. The lowest BCUT2D eigenvalue weighted by Gasteiger charge is -2.35. The zero-order valence-electron chi connectivity index (χ0n) is 12.7. The Bertz CT molecular complexity index is 409. The molecular formula is C17H27ClN2O. The van der Waals surface area contributed by atoms with E-state index in [2.05, 4.69) is 29.2 Å². The monoisotopic (exact) mass is 310 g/mol. The molecule has 1 amide bonds. The molecule has 0 aliphatic carbocycles. The van der Waals surface area contributed by atoms with Crippen LogP contribution in [0, 0.1) is 0 Å². The number of halogens is 1. The summed E-state index contributed by atoms with van der Waals surface area (Å²) in [6.45, 7) is 1.60. The lowest BCUT2D eigenvalue weighted by molar-refractivity contribution is -0.135. The lowest BCUT2D eigenvalue weighted by Crippen LogP contribution is -2.44. The standard InChI is InChI=1S/C17H26N2O.ClH/c18-13-12-16-10-4-5-14-19(16)17(20)11-6-9-15-7-2-1-3-8-15;/h1-3,7-8,16H,4-6,9-14,18H2;1H. The second kappa shape index (κ2) is 9.80. The SMILES string of the molecule is Cl.NCCC1CCCCN1C(=O)CCCc1ccccc1. The molecule has 1 heterocycles. The van der Waals surface area contributed by atoms with Crippen molar-refractivity contribution in [1.82, 2.24) is 4.90 Å². The van der Waals surface area contributed by atoms with Crippen LogP contribution in [-0.4, -0.2) is 29.9 Å². The van der Waals surface area contributed by atoms with Crippen LogP contribution >= 0.6 is 12.4 Å². The van der Waals surface area contributed by atoms with Crippen LogP contribution in [0.15, 0.2) is 30.3 Å². The predicted octanol–water partition coefficient (Wildman–Crippen LogP) is 3.16. The number of nitrogens with two attached hydrogens (primary N) is 1. The molecule has 1 aromatic rings. The van der Waals surface area contributed by atoms with Gasteiger partial charge in [-0.05, 0) is 50.6 Å². The third-order valence-corrected chi connectivity index (χ3v) is 4.15. The number of likely N-dealkylation sites (tertiary alicyclic amines) is 1. The highest BCUT2D eigenvalue weighted by Crippen LogP contribution is 2.20. The summed E-state index contributed by atoms with van der Waals surface area (Å²) in [7, 11) is 0. The van der Waals surface area contributed by atoms with E-state index in [-0.39, 0.29) is 12.4 Å². The number of nitrogens with zero attached hydrogens (tertiary/aromatic N) is 1. The average Bonchev–Trinajstić information content (AvgIpc) is 2.49. The molecule has 0 bridgehead atoms. The van der Waals surface area contributed by atoms with Crippen molar-refractivity contribution in [3.05, 3.63) is 35.9 Å². The highest BCUT2D eigenvalue weighted by atomic mass is 35.5. The van der Waals surface area contributed by atoms with Crippen LogP contribution in [0.25, 0.3) is 0 Å². The number of piperidine rings is 1. The molecule has 1 aliphatic rings. The Morgan fingerprint density at radius 1 is 1.24 bits per heavy atom. The maximum Gasteiger partial charge on any atom is 0.222 e. The normalized spacial score (nSPS) is 18.1. The van der Waals surface area contributed by atoms with Gasteiger partial charge >= 0.3 is 0 Å². The van der Waals surface area contributed by atoms with Crippen molar-refractivity contribution in [3.8, 4) is 0 Å². The van der Waals surface area contributed by atoms with Crippen LogP contribution in [0.4, 0.5) is 0 Å². The van der Waals surface area contributed by atoms with Crippen LogP contribution < -0.4 is 5.73 Å². The third kappa shape index (κ3) is 5.68. The number of carbonyl (C=O) groups is 1. The van der Waals surface area contributed by atoms with Crippen molar-refractivity contribution < 1.29 is 4.79 Å². The number of hydrogen-bond donors (Lipinski definition) is 1. The predicted molar refractivity (Wildman–Crippen MR) is 89.7 cm³/mol. The van der Waals surface area contributed by atoms with E-state index >= 15 is 0 Å². The van der Waals surface area contributed by atoms with Crippen molar-refractivity contribution in [2.75, 3.05) is 13.1 Å². The van der Waals surface area contributed by atoms with E-state index in [0.29, 0.717) is 24.9 Å². The van der Waals surface area contributed by atoms with Crippen molar-refractivity contribution in [2.45, 2.75) is 51.0 Å². The molecule has 2 N–H and O–H groups in total. The average molecular weight is 311 g/mol. The molecule has 1 aromatic carbocycles. The summed E-state index contributed by atoms with van der Waals surface area (Å²) in [5.41, 5.74) is 6.98. The summed E-state index contributed by atoms with van der Waals surface area (Å²) in [6, 6.07) is 10.8. The Balaban J connectivity index is 0.00000220. The molecule has 1 atom stereocenters. The highest BCUT2D eigenvalue weighted by molar-refractivity contribution is 5.85. The molecule has 1 aliphatic heterocycles. The number of rotatable bonds is 6. The first kappa shape index (κ1) is 18.0. The Morgan fingerprint density at radius 3 is 2.71 bits per heavy atom. The summed E-state index contributed by atoms with van der Waals surface area (Å²) < 4.78 is 0. The van der Waals surface area contributed by atoms with Gasteiger partial charge in [0.05, 0.1) is 0 Å². The summed E-state index contributed by atoms with van der Waals surface area (Å²) in [5.74, 6) is 0.319. The Kier molecular flexibility index (Phi) is 8.40. The molecule has 1 saturated heterocycles. The van der Waals surface area contributed by atoms with E-state index in [1.165, 1.54) is 12.0 Å². The maximum atomic E-state index is 12.4. The van der Waals surface area contributed by atoms with Gasteiger partial charge in [-0.1, -0.05) is 30.3 Å². The molecule has 0 spiro atoms. The number of amides is 1. The van der Waals surface area contributed by atoms with Gasteiger partial charge in [-0.3, -0.25) is 4.79 Å². The van der Waals surface area contributed by atoms with E-state index in [1.807, 2.05) is 6.07 Å². The topological polar surface area (TPSA) is 46.3 Å². The summed E-state index contributed by atoms with van der Waals surface area (Å²) >= 11 is 0. The highest BCUT2D eigenvalue weighted by Gasteiger charge is 2.25. The summed E-state index contributed by atoms with van der Waals surface area (Å²) in [4.78, 5) is 14.4. The van der Waals surface area contributed by atoms with Crippen LogP contribution in [0.3, 0.4) is 0 Å². The van der Waals surface area contributed by atoms with Gasteiger partial charge in [-0.25, -0.2) is 0 Å². The second-order valence-corrected chi connectivity index (χ2v) is 5.65. The molecule has 3 nitrogen and oxygen atoms in total. The van der Waals surface area contributed by atoms with Gasteiger partial charge in [-0.15, -0.1) is 12.4 Å². The number of aryl methyl sites for hydroxylation is 1. The fourth-order valence-corrected chi connectivity index (χ4v) is 3.05. The Hall–Kier alpha value is -1.06. The smallest absolute Gasteiger partial charge is 0.222 e. The zero-order valence-corrected chi connectivity index (χ0v) is 13.5. The molecule has 1 fully saturated rings. The molecular weight excluding hydrogens is 284 g/mol. The molecule has 1 unspecified atom stereocenters. The third-order valence-electron chi connectivity index (χ3n) is 4.15. The minimum absolute atomic E-state index is 0. The maximum absolute atomic E-state index is 12.4. The van der Waals surface area contributed by atoms with Gasteiger partial charge in [0, 0.05) is 19.0 Å². The van der Waals surface area contributed by atoms with Crippen LogP contribution in [0.2, 0.25) is 0 Å². The van der Waals surface area contributed by atoms with E-state index < -0.39 is 0 Å². The molecule has 4 heteroatoms. The first-order valence-corrected chi connectivity index (χ1v) is 7.84. The first-order valence-electron chi connectivity index (χ1n) is 7.84. The van der Waals surface area contributed by atoms with Gasteiger partial charge < -0.3 is 10.6 Å². The van der Waals surface area contributed by atoms with Gasteiger partial charge in [0.1, 0.15) is 0 Å². The molecule has 0 aromatic heterocycles. The van der Waals surface area contributed by atoms with Gasteiger partial charge in [0.25, 0.3) is 0 Å². The number of carbonyl (C=O) groups excluding carboxylic acids is 1. The Morgan fingerprint density at radius 2 is 2.00 bits per heavy atom. The zero-order chi connectivity index (χ0) is 14.2. The molecule has 118 valence electrons. The largest absolute Gasteiger partial charge is 0.340 e. The number of hydrogen-bond acceptors (Lipinski definition) is 2. The quantitative estimate of drug-likeness (QED) is 0.877. The van der Waals surface area contributed by atoms with Gasteiger partial charge in [0.2, 0.25) is 5.91 Å². The van der Waals surface area contributed by atoms with E-state index in [1.54, 1.807) is 0 Å². The van der Waals surface area contributed by atoms with Crippen molar-refractivity contribution >= 4 is 18.3 Å². The van der Waals surface area contributed by atoms with Crippen LogP contribution in [0.1, 0.15) is 44.1 Å². The van der Waals surface area contributed by atoms with E-state index in [4.69, 9.17) is 5.73 Å². The molecule has 2 rings (SSSR count). The minimum Gasteiger partial charge on any atom is -0.340 e. The van der Waals surface area contributed by atoms with Crippen LogP contribution in [-0.2, 0) is 11.2 Å². The molecule has 0 saturated carbocycles. The van der Waals surface area contributed by atoms with Gasteiger partial charge in [0.15, 0.2) is 0 Å². The fourth-order valence-electron chi connectivity index (χ4n) is 3.05. The Labute approximate surface area is 134 Å². The molecule has 21 heavy (non-hydrogen) atoms. The molecule has 0 radical (unpaired) electrons. The van der Waals surface area contributed by atoms with Crippen molar-refractivity contribution in [3.63, 3.8) is 0 Å². The number of benzene rings is 1. The van der Waals surface area contributed by atoms with Gasteiger partial charge in [-0.2, -0.15) is 0 Å². The van der Waals surface area contributed by atoms with E-state index in [9.17, 15) is 4.79 Å². The van der Waals surface area contributed by atoms with Crippen molar-refractivity contribution in [2.24, 2.45) is 5.73 Å². The van der Waals surface area contributed by atoms with E-state index in [0.717, 1.165) is 38.6 Å².